The molecule has 0 amide bonds. The highest BCUT2D eigenvalue weighted by atomic mass is 16.4. The summed E-state index contributed by atoms with van der Waals surface area (Å²) in [6.07, 6.45) is 1.74. The molecule has 84 valence electrons. The number of hydrogen-bond acceptors (Lipinski definition) is 2. The Balaban J connectivity index is 3.20. The Bertz CT molecular complexity index is 334. The third-order valence-electron chi connectivity index (χ3n) is 3.35. The summed E-state index contributed by atoms with van der Waals surface area (Å²) in [5.41, 5.74) is -1.43. The van der Waals surface area contributed by atoms with Gasteiger partial charge >= 0.3 is 11.9 Å². The first-order chi connectivity index (χ1) is 6.69. The maximum absolute atomic E-state index is 11.1. The maximum Gasteiger partial charge on any atom is 0.322 e. The molecular weight excluding hydrogens is 196 g/mol. The van der Waals surface area contributed by atoms with Crippen LogP contribution in [0.3, 0.4) is 0 Å². The second kappa shape index (κ2) is 3.08. The minimum Gasteiger partial charge on any atom is -0.480 e. The zero-order valence-electron chi connectivity index (χ0n) is 9.37. The zero-order chi connectivity index (χ0) is 12.0. The molecule has 1 aliphatic rings. The predicted octanol–water partition coefficient (Wildman–Crippen LogP) is 1.76. The molecular formula is C11H16O4. The van der Waals surface area contributed by atoms with Gasteiger partial charge in [-0.15, -0.1) is 0 Å². The minimum absolute atomic E-state index is 0.426. The lowest BCUT2D eigenvalue weighted by atomic mass is 9.96. The highest BCUT2D eigenvalue weighted by Crippen LogP contribution is 2.70. The fourth-order valence-corrected chi connectivity index (χ4v) is 2.38. The van der Waals surface area contributed by atoms with Crippen molar-refractivity contribution in [2.45, 2.75) is 27.7 Å². The number of carboxylic acids is 2. The SMILES string of the molecule is CC(C)=C[C@@H]1C(C)(C)C1(C(=O)O)C(=O)O. The molecule has 2 N–H and O–H groups in total. The summed E-state index contributed by atoms with van der Waals surface area (Å²) in [7, 11) is 0. The highest BCUT2D eigenvalue weighted by Gasteiger charge is 2.80. The Hall–Kier alpha value is -1.32. The number of carbonyl (C=O) groups is 2. The Kier molecular flexibility index (Phi) is 2.42. The molecule has 4 heteroatoms. The van der Waals surface area contributed by atoms with Crippen molar-refractivity contribution in [1.82, 2.24) is 0 Å². The lowest BCUT2D eigenvalue weighted by Gasteiger charge is -2.08. The van der Waals surface area contributed by atoms with Crippen LogP contribution in [0.25, 0.3) is 0 Å². The average molecular weight is 212 g/mol. The van der Waals surface area contributed by atoms with Crippen molar-refractivity contribution in [3.05, 3.63) is 11.6 Å². The van der Waals surface area contributed by atoms with E-state index in [4.69, 9.17) is 10.2 Å². The van der Waals surface area contributed by atoms with Gasteiger partial charge < -0.3 is 10.2 Å². The molecule has 0 aromatic heterocycles. The number of allylic oxidation sites excluding steroid dienone is 2. The van der Waals surface area contributed by atoms with Crippen LogP contribution in [0.1, 0.15) is 27.7 Å². The van der Waals surface area contributed by atoms with Gasteiger partial charge in [0.1, 0.15) is 0 Å². The monoisotopic (exact) mass is 212 g/mol. The van der Waals surface area contributed by atoms with Crippen LogP contribution in [0.5, 0.6) is 0 Å². The van der Waals surface area contributed by atoms with Gasteiger partial charge in [0.25, 0.3) is 0 Å². The van der Waals surface area contributed by atoms with E-state index in [1.54, 1.807) is 19.9 Å². The van der Waals surface area contributed by atoms with Crippen LogP contribution in [-0.2, 0) is 9.59 Å². The van der Waals surface area contributed by atoms with Gasteiger partial charge in [-0.3, -0.25) is 9.59 Å². The van der Waals surface area contributed by atoms with Crippen molar-refractivity contribution in [3.8, 4) is 0 Å². The third-order valence-corrected chi connectivity index (χ3v) is 3.35. The molecule has 0 aromatic rings. The van der Waals surface area contributed by atoms with E-state index in [1.165, 1.54) is 0 Å². The molecule has 0 bridgehead atoms. The second-order valence-electron chi connectivity index (χ2n) is 4.86. The molecule has 1 aliphatic carbocycles. The summed E-state index contributed by atoms with van der Waals surface area (Å²) in [4.78, 5) is 22.2. The van der Waals surface area contributed by atoms with E-state index in [0.29, 0.717) is 0 Å². The predicted molar refractivity (Wildman–Crippen MR) is 54.4 cm³/mol. The van der Waals surface area contributed by atoms with Crippen molar-refractivity contribution in [2.24, 2.45) is 16.7 Å². The molecule has 1 rings (SSSR count). The van der Waals surface area contributed by atoms with E-state index in [-0.39, 0.29) is 0 Å². The van der Waals surface area contributed by atoms with Gasteiger partial charge in [0.15, 0.2) is 5.41 Å². The Labute approximate surface area is 88.6 Å². The van der Waals surface area contributed by atoms with Crippen LogP contribution < -0.4 is 0 Å². The molecule has 0 heterocycles. The smallest absolute Gasteiger partial charge is 0.322 e. The molecule has 1 atom stereocenters. The van der Waals surface area contributed by atoms with Crippen LogP contribution in [0.4, 0.5) is 0 Å². The summed E-state index contributed by atoms with van der Waals surface area (Å²) in [5.74, 6) is -2.92. The molecule has 1 saturated carbocycles. The van der Waals surface area contributed by atoms with Crippen molar-refractivity contribution >= 4 is 11.9 Å². The molecule has 15 heavy (non-hydrogen) atoms. The van der Waals surface area contributed by atoms with Gasteiger partial charge in [-0.2, -0.15) is 0 Å². The Morgan fingerprint density at radius 1 is 1.13 bits per heavy atom. The van der Waals surface area contributed by atoms with Gasteiger partial charge in [0.05, 0.1) is 0 Å². The Morgan fingerprint density at radius 3 is 1.73 bits per heavy atom. The summed E-state index contributed by atoms with van der Waals surface area (Å²) in [5, 5.41) is 18.2. The van der Waals surface area contributed by atoms with E-state index in [1.807, 2.05) is 13.8 Å². The summed E-state index contributed by atoms with van der Waals surface area (Å²) in [6.45, 7) is 7.03. The van der Waals surface area contributed by atoms with Crippen LogP contribution in [0.2, 0.25) is 0 Å². The largest absolute Gasteiger partial charge is 0.480 e. The van der Waals surface area contributed by atoms with Gasteiger partial charge in [-0.05, 0) is 13.8 Å². The molecule has 0 unspecified atom stereocenters. The van der Waals surface area contributed by atoms with Gasteiger partial charge in [0.2, 0.25) is 0 Å². The molecule has 0 saturated heterocycles. The molecule has 0 aromatic carbocycles. The van der Waals surface area contributed by atoms with E-state index < -0.39 is 28.7 Å². The number of rotatable bonds is 3. The standard InChI is InChI=1S/C11H16O4/c1-6(2)5-7-10(3,4)11(7,8(12)13)9(14)15/h5,7H,1-4H3,(H,12,13)(H,14,15)/t7-/m1/s1. The quantitative estimate of drug-likeness (QED) is 0.552. The number of carboxylic acid groups (broad SMARTS) is 2. The summed E-state index contributed by atoms with van der Waals surface area (Å²) >= 11 is 0. The minimum atomic E-state index is -1.65. The zero-order valence-corrected chi connectivity index (χ0v) is 9.37. The topological polar surface area (TPSA) is 74.6 Å². The molecule has 1 fully saturated rings. The molecule has 0 radical (unpaired) electrons. The third kappa shape index (κ3) is 1.28. The van der Waals surface area contributed by atoms with E-state index in [2.05, 4.69) is 0 Å². The van der Waals surface area contributed by atoms with Crippen molar-refractivity contribution in [3.63, 3.8) is 0 Å². The van der Waals surface area contributed by atoms with Crippen LogP contribution in [0, 0.1) is 16.7 Å². The summed E-state index contributed by atoms with van der Waals surface area (Å²) in [6, 6.07) is 0. The van der Waals surface area contributed by atoms with Gasteiger partial charge in [-0.1, -0.05) is 25.5 Å². The number of hydrogen-bond donors (Lipinski definition) is 2. The average Bonchev–Trinajstić information content (AvgIpc) is 2.47. The van der Waals surface area contributed by atoms with Gasteiger partial charge in [0, 0.05) is 11.3 Å². The normalized spacial score (nSPS) is 25.5. The van der Waals surface area contributed by atoms with Crippen LogP contribution in [-0.4, -0.2) is 22.2 Å². The van der Waals surface area contributed by atoms with Crippen molar-refractivity contribution in [1.29, 1.82) is 0 Å². The first kappa shape index (κ1) is 11.8. The van der Waals surface area contributed by atoms with Crippen LogP contribution >= 0.6 is 0 Å². The highest BCUT2D eigenvalue weighted by molar-refractivity contribution is 6.04. The lowest BCUT2D eigenvalue weighted by molar-refractivity contribution is -0.159. The van der Waals surface area contributed by atoms with Gasteiger partial charge in [-0.25, -0.2) is 0 Å². The Morgan fingerprint density at radius 2 is 1.53 bits per heavy atom. The van der Waals surface area contributed by atoms with Crippen molar-refractivity contribution < 1.29 is 19.8 Å². The first-order valence-corrected chi connectivity index (χ1v) is 4.80. The fourth-order valence-electron chi connectivity index (χ4n) is 2.38. The fraction of sp³-hybridized carbons (Fsp3) is 0.636. The summed E-state index contributed by atoms with van der Waals surface area (Å²) < 4.78 is 0. The number of aliphatic carboxylic acids is 2. The molecule has 4 nitrogen and oxygen atoms in total. The van der Waals surface area contributed by atoms with E-state index in [9.17, 15) is 9.59 Å². The van der Waals surface area contributed by atoms with Crippen LogP contribution in [0.15, 0.2) is 11.6 Å². The van der Waals surface area contributed by atoms with E-state index in [0.717, 1.165) is 5.57 Å². The lowest BCUT2D eigenvalue weighted by Crippen LogP contribution is -2.30. The molecule has 0 spiro atoms. The first-order valence-electron chi connectivity index (χ1n) is 4.80. The maximum atomic E-state index is 11.1. The molecule has 0 aliphatic heterocycles. The second-order valence-corrected chi connectivity index (χ2v) is 4.86. The van der Waals surface area contributed by atoms with Crippen molar-refractivity contribution in [2.75, 3.05) is 0 Å². The van der Waals surface area contributed by atoms with E-state index >= 15 is 0 Å².